The van der Waals surface area contributed by atoms with Gasteiger partial charge in [0, 0.05) is 10.6 Å². The zero-order valence-electron chi connectivity index (χ0n) is 13.7. The summed E-state index contributed by atoms with van der Waals surface area (Å²) >= 11 is 6.06. The van der Waals surface area contributed by atoms with Crippen LogP contribution in [0.5, 0.6) is 11.5 Å². The van der Waals surface area contributed by atoms with Crippen LogP contribution in [-0.2, 0) is 0 Å². The van der Waals surface area contributed by atoms with Crippen molar-refractivity contribution in [2.75, 3.05) is 13.2 Å². The average Bonchev–Trinajstić information content (AvgIpc) is 3.12. The molecular weight excluding hydrogens is 340 g/mol. The zero-order valence-corrected chi connectivity index (χ0v) is 14.4. The van der Waals surface area contributed by atoms with E-state index < -0.39 is 0 Å². The predicted octanol–water partition coefficient (Wildman–Crippen LogP) is 3.58. The fourth-order valence-electron chi connectivity index (χ4n) is 2.15. The van der Waals surface area contributed by atoms with Gasteiger partial charge in [-0.1, -0.05) is 23.7 Å². The van der Waals surface area contributed by atoms with Gasteiger partial charge in [0.05, 0.1) is 6.21 Å². The van der Waals surface area contributed by atoms with Crippen LogP contribution in [0.4, 0.5) is 0 Å². The van der Waals surface area contributed by atoms with Crippen molar-refractivity contribution in [2.45, 2.75) is 6.92 Å². The maximum atomic E-state index is 6.06. The highest BCUT2D eigenvalue weighted by Gasteiger charge is 2.04. The Kier molecular flexibility index (Phi) is 5.64. The molecule has 0 spiro atoms. The monoisotopic (exact) mass is 356 g/mol. The Bertz CT molecular complexity index is 850. The molecule has 0 saturated heterocycles. The van der Waals surface area contributed by atoms with E-state index in [1.165, 1.54) is 17.3 Å². The van der Waals surface area contributed by atoms with Crippen LogP contribution >= 0.6 is 11.6 Å². The number of aryl methyl sites for hydroxylation is 1. The lowest BCUT2D eigenvalue weighted by Crippen LogP contribution is -2.10. The summed E-state index contributed by atoms with van der Waals surface area (Å²) in [4.78, 5) is 0. The van der Waals surface area contributed by atoms with Crippen molar-refractivity contribution in [1.29, 1.82) is 0 Å². The molecule has 0 fully saturated rings. The second kappa shape index (κ2) is 8.30. The first-order valence-corrected chi connectivity index (χ1v) is 8.09. The van der Waals surface area contributed by atoms with E-state index in [1.807, 2.05) is 37.3 Å². The number of aromatic nitrogens is 3. The van der Waals surface area contributed by atoms with Crippen LogP contribution in [0, 0.1) is 6.92 Å². The van der Waals surface area contributed by atoms with Crippen molar-refractivity contribution < 1.29 is 9.47 Å². The van der Waals surface area contributed by atoms with E-state index in [-0.39, 0.29) is 0 Å². The third-order valence-corrected chi connectivity index (χ3v) is 3.54. The molecule has 6 nitrogen and oxygen atoms in total. The van der Waals surface area contributed by atoms with Crippen molar-refractivity contribution in [2.24, 2.45) is 5.10 Å². The number of rotatable bonds is 7. The number of nitrogens with zero attached hydrogens (tertiary/aromatic N) is 4. The molecule has 0 aliphatic rings. The Morgan fingerprint density at radius 2 is 1.88 bits per heavy atom. The van der Waals surface area contributed by atoms with Crippen molar-refractivity contribution in [1.82, 2.24) is 14.9 Å². The summed E-state index contributed by atoms with van der Waals surface area (Å²) in [5.74, 6) is 1.50. The number of hydrogen-bond acceptors (Lipinski definition) is 5. The molecule has 0 atom stereocenters. The molecule has 3 rings (SSSR count). The molecule has 0 aliphatic heterocycles. The molecule has 0 amide bonds. The van der Waals surface area contributed by atoms with Crippen LogP contribution in [0.1, 0.15) is 11.1 Å². The van der Waals surface area contributed by atoms with Gasteiger partial charge >= 0.3 is 0 Å². The summed E-state index contributed by atoms with van der Waals surface area (Å²) in [5.41, 5.74) is 1.92. The first-order valence-electron chi connectivity index (χ1n) is 7.71. The van der Waals surface area contributed by atoms with Gasteiger partial charge in [-0.25, -0.2) is 4.68 Å². The van der Waals surface area contributed by atoms with E-state index in [9.17, 15) is 0 Å². The van der Waals surface area contributed by atoms with Crippen molar-refractivity contribution in [3.63, 3.8) is 0 Å². The van der Waals surface area contributed by atoms with Gasteiger partial charge in [0.15, 0.2) is 0 Å². The molecule has 3 aromatic rings. The zero-order chi connectivity index (χ0) is 17.5. The van der Waals surface area contributed by atoms with Gasteiger partial charge in [-0.2, -0.15) is 5.10 Å². The van der Waals surface area contributed by atoms with Crippen LogP contribution in [0.3, 0.4) is 0 Å². The molecule has 0 aliphatic carbocycles. The summed E-state index contributed by atoms with van der Waals surface area (Å²) in [6, 6.07) is 13.3. The number of ether oxygens (including phenoxy) is 2. The molecule has 0 unspecified atom stereocenters. The lowest BCUT2D eigenvalue weighted by Gasteiger charge is -2.11. The van der Waals surface area contributed by atoms with Crippen LogP contribution < -0.4 is 9.47 Å². The summed E-state index contributed by atoms with van der Waals surface area (Å²) in [5, 5.41) is 12.2. The van der Waals surface area contributed by atoms with Gasteiger partial charge < -0.3 is 9.47 Å². The molecule has 2 aromatic carbocycles. The van der Waals surface area contributed by atoms with E-state index in [0.717, 1.165) is 16.9 Å². The largest absolute Gasteiger partial charge is 0.490 e. The molecule has 1 heterocycles. The highest BCUT2D eigenvalue weighted by Crippen LogP contribution is 2.21. The molecule has 7 heteroatoms. The molecule has 0 radical (unpaired) electrons. The third kappa shape index (κ3) is 5.06. The number of halogens is 1. The van der Waals surface area contributed by atoms with E-state index in [1.54, 1.807) is 18.3 Å². The van der Waals surface area contributed by atoms with Crippen LogP contribution in [0.25, 0.3) is 0 Å². The van der Waals surface area contributed by atoms with Gasteiger partial charge in [0.1, 0.15) is 37.4 Å². The smallest absolute Gasteiger partial charge is 0.141 e. The predicted molar refractivity (Wildman–Crippen MR) is 96.6 cm³/mol. The quantitative estimate of drug-likeness (QED) is 0.479. The van der Waals surface area contributed by atoms with Gasteiger partial charge in [0.2, 0.25) is 0 Å². The molecule has 1 aromatic heterocycles. The van der Waals surface area contributed by atoms with Gasteiger partial charge in [-0.3, -0.25) is 0 Å². The van der Waals surface area contributed by atoms with Crippen LogP contribution in [-0.4, -0.2) is 34.3 Å². The summed E-state index contributed by atoms with van der Waals surface area (Å²) < 4.78 is 13.0. The average molecular weight is 357 g/mol. The Morgan fingerprint density at radius 1 is 1.08 bits per heavy atom. The molecule has 0 bridgehead atoms. The minimum absolute atomic E-state index is 0.406. The van der Waals surface area contributed by atoms with Gasteiger partial charge in [-0.05, 0) is 42.8 Å². The SMILES string of the molecule is Cc1cccc(OCCOc2ccc(Cl)cc2C=Nn2cnnc2)c1. The molecular formula is C18H17ClN4O2. The normalized spacial score (nSPS) is 11.0. The maximum absolute atomic E-state index is 6.06. The fraction of sp³-hybridized carbons (Fsp3) is 0.167. The molecule has 0 N–H and O–H groups in total. The first kappa shape index (κ1) is 17.0. The van der Waals surface area contributed by atoms with Crippen LogP contribution in [0.2, 0.25) is 5.02 Å². The van der Waals surface area contributed by atoms with E-state index >= 15 is 0 Å². The highest BCUT2D eigenvalue weighted by molar-refractivity contribution is 6.30. The third-order valence-electron chi connectivity index (χ3n) is 3.31. The highest BCUT2D eigenvalue weighted by atomic mass is 35.5. The second-order valence-electron chi connectivity index (χ2n) is 5.28. The minimum atomic E-state index is 0.406. The van der Waals surface area contributed by atoms with Crippen molar-refractivity contribution >= 4 is 17.8 Å². The Labute approximate surface area is 150 Å². The second-order valence-corrected chi connectivity index (χ2v) is 5.72. The molecule has 0 saturated carbocycles. The summed E-state index contributed by atoms with van der Waals surface area (Å²) in [7, 11) is 0. The lowest BCUT2D eigenvalue weighted by molar-refractivity contribution is 0.217. The Hall–Kier alpha value is -2.86. The summed E-state index contributed by atoms with van der Waals surface area (Å²) in [6.45, 7) is 2.87. The van der Waals surface area contributed by atoms with Gasteiger partial charge in [-0.15, -0.1) is 10.2 Å². The maximum Gasteiger partial charge on any atom is 0.141 e. The topological polar surface area (TPSA) is 61.5 Å². The summed E-state index contributed by atoms with van der Waals surface area (Å²) in [6.07, 6.45) is 4.64. The first-order chi connectivity index (χ1) is 12.2. The Morgan fingerprint density at radius 3 is 2.68 bits per heavy atom. The van der Waals surface area contributed by atoms with E-state index in [4.69, 9.17) is 21.1 Å². The standard InChI is InChI=1S/C18H17ClN4O2/c1-14-3-2-4-17(9-14)24-7-8-25-18-6-5-16(19)10-15(18)11-22-23-12-20-21-13-23/h2-6,9-13H,7-8H2,1H3. The van der Waals surface area contributed by atoms with Crippen molar-refractivity contribution in [3.8, 4) is 11.5 Å². The van der Waals surface area contributed by atoms with Crippen molar-refractivity contribution in [3.05, 3.63) is 71.3 Å². The Balaban J connectivity index is 1.60. The van der Waals surface area contributed by atoms with Gasteiger partial charge in [0.25, 0.3) is 0 Å². The molecule has 25 heavy (non-hydrogen) atoms. The van der Waals surface area contributed by atoms with E-state index in [0.29, 0.717) is 24.0 Å². The fourth-order valence-corrected chi connectivity index (χ4v) is 2.33. The lowest BCUT2D eigenvalue weighted by atomic mass is 10.2. The number of hydrogen-bond donors (Lipinski definition) is 0. The minimum Gasteiger partial charge on any atom is -0.490 e. The van der Waals surface area contributed by atoms with Crippen LogP contribution in [0.15, 0.2) is 60.2 Å². The van der Waals surface area contributed by atoms with E-state index in [2.05, 4.69) is 15.3 Å². The number of benzene rings is 2. The molecule has 128 valence electrons.